The predicted octanol–water partition coefficient (Wildman–Crippen LogP) is 7.89. The molecule has 0 unspecified atom stereocenters. The number of halogens is 4. The Bertz CT molecular complexity index is 1770. The zero-order valence-electron chi connectivity index (χ0n) is 24.1. The molecule has 2 aliphatic rings. The lowest BCUT2D eigenvalue weighted by Gasteiger charge is -2.26. The lowest BCUT2D eigenvalue weighted by Crippen LogP contribution is -2.35. The van der Waals surface area contributed by atoms with Crippen LogP contribution in [0.4, 0.5) is 18.9 Å². The van der Waals surface area contributed by atoms with Gasteiger partial charge in [-0.1, -0.05) is 37.3 Å². The van der Waals surface area contributed by atoms with Gasteiger partial charge in [0.15, 0.2) is 5.78 Å². The molecule has 1 saturated carbocycles. The van der Waals surface area contributed by atoms with E-state index in [9.17, 15) is 34.8 Å². The molecule has 45 heavy (non-hydrogen) atoms. The van der Waals surface area contributed by atoms with E-state index in [0.717, 1.165) is 44.6 Å². The highest BCUT2D eigenvalue weighted by molar-refractivity contribution is 7.92. The number of hydrogen-bond acceptors (Lipinski definition) is 6. The zero-order valence-corrected chi connectivity index (χ0v) is 26.5. The van der Waals surface area contributed by atoms with Crippen LogP contribution in [0, 0.1) is 5.92 Å². The van der Waals surface area contributed by atoms with Gasteiger partial charge in [-0.3, -0.25) is 9.52 Å². The van der Waals surface area contributed by atoms with Gasteiger partial charge in [-0.05, 0) is 86.3 Å². The Morgan fingerprint density at radius 1 is 0.844 bits per heavy atom. The number of benzene rings is 3. The van der Waals surface area contributed by atoms with E-state index in [1.165, 1.54) is 46.8 Å². The summed E-state index contributed by atoms with van der Waals surface area (Å²) in [5.41, 5.74) is -0.989. The number of ketones is 1. The lowest BCUT2D eigenvalue weighted by molar-refractivity contribution is -0.137. The van der Waals surface area contributed by atoms with Gasteiger partial charge in [-0.15, -0.1) is 0 Å². The summed E-state index contributed by atoms with van der Waals surface area (Å²) < 4.78 is 101. The minimum absolute atomic E-state index is 0.0135. The Balaban J connectivity index is 1.42. The Kier molecular flexibility index (Phi) is 9.83. The Labute approximate surface area is 265 Å². The van der Waals surface area contributed by atoms with Crippen LogP contribution in [0.25, 0.3) is 0 Å². The molecule has 2 fully saturated rings. The number of piperidine rings is 1. The van der Waals surface area contributed by atoms with Gasteiger partial charge in [0.2, 0.25) is 10.0 Å². The molecule has 0 radical (unpaired) electrons. The number of rotatable bonds is 9. The van der Waals surface area contributed by atoms with Crippen molar-refractivity contribution in [3.05, 3.63) is 76.8 Å². The molecule has 1 saturated heterocycles. The number of hydrogen-bond donors (Lipinski definition) is 1. The summed E-state index contributed by atoms with van der Waals surface area (Å²) in [5, 5.41) is -0.610. The van der Waals surface area contributed by atoms with Crippen LogP contribution in [0.1, 0.15) is 67.3 Å². The standard InChI is InChI=1S/C31H32ClF3N2O6S2/c32-27-19-22(31(33,34)35)9-16-29(27)44(39,40)36-23-10-15-28(26(20-23)30(38)21-7-3-1-4-8-21)43-24-11-13-25(14-12-24)45(41,42)37-17-5-2-6-18-37/h9-16,19-21,36H,1-8,17-18H2. The van der Waals surface area contributed by atoms with Crippen molar-refractivity contribution in [2.75, 3.05) is 17.8 Å². The maximum absolute atomic E-state index is 13.7. The minimum Gasteiger partial charge on any atom is -0.457 e. The van der Waals surface area contributed by atoms with Gasteiger partial charge >= 0.3 is 6.18 Å². The van der Waals surface area contributed by atoms with Crippen molar-refractivity contribution < 1.29 is 39.5 Å². The molecule has 1 heterocycles. The smallest absolute Gasteiger partial charge is 0.416 e. The fourth-order valence-corrected chi connectivity index (χ4v) is 8.74. The van der Waals surface area contributed by atoms with Crippen molar-refractivity contribution in [2.24, 2.45) is 5.92 Å². The number of carbonyl (C=O) groups is 1. The van der Waals surface area contributed by atoms with Crippen molar-refractivity contribution in [2.45, 2.75) is 67.3 Å². The van der Waals surface area contributed by atoms with Gasteiger partial charge in [0, 0.05) is 24.7 Å². The van der Waals surface area contributed by atoms with E-state index in [0.29, 0.717) is 38.1 Å². The molecule has 14 heteroatoms. The molecule has 0 spiro atoms. The van der Waals surface area contributed by atoms with Crippen LogP contribution < -0.4 is 9.46 Å². The molecular formula is C31H32ClF3N2O6S2. The summed E-state index contributed by atoms with van der Waals surface area (Å²) in [6.07, 6.45) is 1.99. The van der Waals surface area contributed by atoms with Crippen LogP contribution >= 0.6 is 11.6 Å². The van der Waals surface area contributed by atoms with Gasteiger partial charge < -0.3 is 4.74 Å². The molecule has 0 atom stereocenters. The van der Waals surface area contributed by atoms with E-state index in [1.54, 1.807) is 0 Å². The number of sulfonamides is 2. The first-order valence-corrected chi connectivity index (χ1v) is 17.9. The quantitative estimate of drug-likeness (QED) is 0.230. The molecule has 5 rings (SSSR count). The van der Waals surface area contributed by atoms with Gasteiger partial charge in [-0.25, -0.2) is 16.8 Å². The molecular weight excluding hydrogens is 653 g/mol. The van der Waals surface area contributed by atoms with E-state index in [2.05, 4.69) is 4.72 Å². The van der Waals surface area contributed by atoms with Gasteiger partial charge in [0.05, 0.1) is 21.0 Å². The van der Waals surface area contributed by atoms with E-state index in [4.69, 9.17) is 16.3 Å². The molecule has 0 aromatic heterocycles. The van der Waals surface area contributed by atoms with Crippen LogP contribution in [0.5, 0.6) is 11.5 Å². The average molecular weight is 685 g/mol. The molecule has 1 aliphatic heterocycles. The summed E-state index contributed by atoms with van der Waals surface area (Å²) in [4.78, 5) is 13.2. The van der Waals surface area contributed by atoms with E-state index >= 15 is 0 Å². The van der Waals surface area contributed by atoms with E-state index < -0.39 is 41.7 Å². The third kappa shape index (κ3) is 7.65. The number of anilines is 1. The second kappa shape index (κ2) is 13.3. The highest BCUT2D eigenvalue weighted by Crippen LogP contribution is 2.37. The van der Waals surface area contributed by atoms with Crippen LogP contribution in [0.15, 0.2) is 70.5 Å². The molecule has 0 amide bonds. The van der Waals surface area contributed by atoms with Crippen LogP contribution in [-0.4, -0.2) is 40.0 Å². The summed E-state index contributed by atoms with van der Waals surface area (Å²) in [7, 11) is -8.09. The number of nitrogens with one attached hydrogen (secondary N) is 1. The molecule has 1 aliphatic carbocycles. The summed E-state index contributed by atoms with van der Waals surface area (Å²) >= 11 is 5.93. The fourth-order valence-electron chi connectivity index (χ4n) is 5.63. The van der Waals surface area contributed by atoms with Gasteiger partial charge in [0.1, 0.15) is 16.4 Å². The normalized spacial score (nSPS) is 17.2. The first-order valence-electron chi connectivity index (χ1n) is 14.6. The Morgan fingerprint density at radius 2 is 1.49 bits per heavy atom. The lowest BCUT2D eigenvalue weighted by atomic mass is 9.83. The van der Waals surface area contributed by atoms with Crippen LogP contribution in [0.2, 0.25) is 5.02 Å². The highest BCUT2D eigenvalue weighted by atomic mass is 35.5. The molecule has 0 bridgehead atoms. The van der Waals surface area contributed by atoms with Gasteiger partial charge in [-0.2, -0.15) is 17.5 Å². The second-order valence-electron chi connectivity index (χ2n) is 11.2. The minimum atomic E-state index is -4.70. The van der Waals surface area contributed by atoms with Crippen molar-refractivity contribution in [3.8, 4) is 11.5 Å². The van der Waals surface area contributed by atoms with Crippen molar-refractivity contribution in [1.29, 1.82) is 0 Å². The zero-order chi connectivity index (χ0) is 32.4. The van der Waals surface area contributed by atoms with Crippen molar-refractivity contribution in [1.82, 2.24) is 4.31 Å². The number of alkyl halides is 3. The Hall–Kier alpha value is -3.13. The average Bonchev–Trinajstić information content (AvgIpc) is 3.02. The number of carbonyl (C=O) groups excluding carboxylic acids is 1. The van der Waals surface area contributed by atoms with E-state index in [1.807, 2.05) is 0 Å². The SMILES string of the molecule is O=C(c1cc(NS(=O)(=O)c2ccc(C(F)(F)F)cc2Cl)ccc1Oc1ccc(S(=O)(=O)N2CCCCC2)cc1)C1CCCCC1. The third-order valence-electron chi connectivity index (χ3n) is 8.03. The molecule has 3 aromatic carbocycles. The fraction of sp³-hybridized carbons (Fsp3) is 0.387. The maximum Gasteiger partial charge on any atom is 0.416 e. The molecule has 1 N–H and O–H groups in total. The molecule has 242 valence electrons. The van der Waals surface area contributed by atoms with Gasteiger partial charge in [0.25, 0.3) is 10.0 Å². The first kappa shape index (κ1) is 33.2. The Morgan fingerprint density at radius 3 is 2.11 bits per heavy atom. The van der Waals surface area contributed by atoms with E-state index in [-0.39, 0.29) is 39.3 Å². The summed E-state index contributed by atoms with van der Waals surface area (Å²) in [6.45, 7) is 0.933. The molecule has 3 aromatic rings. The third-order valence-corrected chi connectivity index (χ3v) is 11.8. The monoisotopic (exact) mass is 684 g/mol. The van der Waals surface area contributed by atoms with Crippen LogP contribution in [-0.2, 0) is 26.2 Å². The number of nitrogens with zero attached hydrogens (tertiary/aromatic N) is 1. The van der Waals surface area contributed by atoms with Crippen LogP contribution in [0.3, 0.4) is 0 Å². The topological polar surface area (TPSA) is 110 Å². The number of Topliss-reactive ketones (excluding diaryl/α,β-unsaturated/α-hetero) is 1. The summed E-state index contributed by atoms with van der Waals surface area (Å²) in [6, 6.07) is 11.9. The first-order chi connectivity index (χ1) is 21.3. The summed E-state index contributed by atoms with van der Waals surface area (Å²) in [5.74, 6) is -0.111. The van der Waals surface area contributed by atoms with Crippen molar-refractivity contribution >= 4 is 43.1 Å². The number of ether oxygens (including phenoxy) is 1. The highest BCUT2D eigenvalue weighted by Gasteiger charge is 2.33. The predicted molar refractivity (Wildman–Crippen MR) is 164 cm³/mol. The largest absolute Gasteiger partial charge is 0.457 e. The second-order valence-corrected chi connectivity index (χ2v) is 15.2. The van der Waals surface area contributed by atoms with Crippen molar-refractivity contribution in [3.63, 3.8) is 0 Å². The molecule has 8 nitrogen and oxygen atoms in total. The maximum atomic E-state index is 13.7.